The zero-order valence-electron chi connectivity index (χ0n) is 16.7. The normalized spacial score (nSPS) is 12.7. The number of hydrogen-bond acceptors (Lipinski definition) is 7. The van der Waals surface area contributed by atoms with Crippen LogP contribution in [0.2, 0.25) is 0 Å². The van der Waals surface area contributed by atoms with E-state index in [0.29, 0.717) is 16.7 Å². The van der Waals surface area contributed by atoms with Crippen molar-refractivity contribution in [3.8, 4) is 0 Å². The summed E-state index contributed by atoms with van der Waals surface area (Å²) in [6, 6.07) is 10.2. The molecule has 0 aliphatic rings. The van der Waals surface area contributed by atoms with Crippen LogP contribution in [-0.4, -0.2) is 36.0 Å². The number of pyridine rings is 1. The van der Waals surface area contributed by atoms with Crippen molar-refractivity contribution in [3.05, 3.63) is 40.9 Å². The minimum Gasteiger partial charge on any atom is -0.300 e. The van der Waals surface area contributed by atoms with E-state index in [4.69, 9.17) is 0 Å². The van der Waals surface area contributed by atoms with E-state index in [1.807, 2.05) is 29.5 Å². The van der Waals surface area contributed by atoms with Crippen LogP contribution in [0.3, 0.4) is 0 Å². The van der Waals surface area contributed by atoms with Crippen molar-refractivity contribution >= 4 is 50.7 Å². The Labute approximate surface area is 176 Å². The lowest BCUT2D eigenvalue weighted by molar-refractivity contribution is -0.115. The number of para-hydroxylation sites is 1. The zero-order valence-corrected chi connectivity index (χ0v) is 18.3. The topological polar surface area (TPSA) is 85.1 Å². The maximum absolute atomic E-state index is 12.9. The summed E-state index contributed by atoms with van der Waals surface area (Å²) in [5.41, 5.74) is 2.97. The Morgan fingerprint density at radius 1 is 1.21 bits per heavy atom. The van der Waals surface area contributed by atoms with E-state index in [-0.39, 0.29) is 17.1 Å². The highest BCUT2D eigenvalue weighted by molar-refractivity contribution is 8.00. The summed E-state index contributed by atoms with van der Waals surface area (Å²) >= 11 is 2.83. The summed E-state index contributed by atoms with van der Waals surface area (Å²) in [5, 5.41) is 22.8. The van der Waals surface area contributed by atoms with Crippen molar-refractivity contribution < 1.29 is 4.79 Å². The molecular weight excluding hydrogens is 404 g/mol. The summed E-state index contributed by atoms with van der Waals surface area (Å²) in [7, 11) is 0. The molecule has 0 spiro atoms. The predicted octanol–water partition coefficient (Wildman–Crippen LogP) is 4.68. The number of aryl methyl sites for hydroxylation is 1. The molecule has 0 fully saturated rings. The molecule has 0 aliphatic heterocycles. The van der Waals surface area contributed by atoms with Gasteiger partial charge in [-0.1, -0.05) is 62.1 Å². The standard InChI is InChI=1S/C20H22N6OS2/c1-5-15(17(27)21-19-24-23-18(29-19)11(2)3)28-20-25-22-16-10-12(4)13-8-6-7-9-14(13)26(16)20/h6-11,15H,5H2,1-4H3,(H,21,24,27). The molecule has 0 aliphatic carbocycles. The number of benzene rings is 1. The van der Waals surface area contributed by atoms with Crippen LogP contribution in [0.1, 0.15) is 43.7 Å². The van der Waals surface area contributed by atoms with Gasteiger partial charge in [0.1, 0.15) is 5.01 Å². The highest BCUT2D eigenvalue weighted by atomic mass is 32.2. The second-order valence-corrected chi connectivity index (χ2v) is 9.30. The summed E-state index contributed by atoms with van der Waals surface area (Å²) < 4.78 is 2.02. The Bertz CT molecular complexity index is 1180. The smallest absolute Gasteiger partial charge is 0.239 e. The maximum atomic E-state index is 12.9. The number of fused-ring (bicyclic) bond motifs is 3. The lowest BCUT2D eigenvalue weighted by Gasteiger charge is -2.13. The third kappa shape index (κ3) is 3.84. The van der Waals surface area contributed by atoms with Crippen LogP contribution >= 0.6 is 23.1 Å². The first kappa shape index (κ1) is 19.8. The number of nitrogens with zero attached hydrogens (tertiary/aromatic N) is 5. The fraction of sp³-hybridized carbons (Fsp3) is 0.350. The molecule has 150 valence electrons. The van der Waals surface area contributed by atoms with E-state index in [0.717, 1.165) is 27.1 Å². The Morgan fingerprint density at radius 3 is 2.72 bits per heavy atom. The number of nitrogens with one attached hydrogen (secondary N) is 1. The van der Waals surface area contributed by atoms with Gasteiger partial charge in [-0.3, -0.25) is 14.5 Å². The molecule has 4 aromatic rings. The van der Waals surface area contributed by atoms with E-state index in [1.54, 1.807) is 0 Å². The van der Waals surface area contributed by atoms with E-state index in [9.17, 15) is 4.79 Å². The molecule has 1 amide bonds. The van der Waals surface area contributed by atoms with Crippen LogP contribution in [0.4, 0.5) is 5.13 Å². The highest BCUT2D eigenvalue weighted by Crippen LogP contribution is 2.30. The van der Waals surface area contributed by atoms with Crippen molar-refractivity contribution in [2.24, 2.45) is 0 Å². The van der Waals surface area contributed by atoms with Crippen molar-refractivity contribution in [1.82, 2.24) is 24.8 Å². The zero-order chi connectivity index (χ0) is 20.5. The Balaban J connectivity index is 1.62. The molecule has 0 saturated heterocycles. The number of carbonyl (C=O) groups excluding carboxylic acids is 1. The second kappa shape index (κ2) is 8.08. The monoisotopic (exact) mass is 426 g/mol. The molecule has 3 heterocycles. The number of rotatable bonds is 6. The molecule has 1 unspecified atom stereocenters. The molecule has 29 heavy (non-hydrogen) atoms. The Hall–Kier alpha value is -2.52. The summed E-state index contributed by atoms with van der Waals surface area (Å²) in [6.45, 7) is 8.17. The first-order valence-corrected chi connectivity index (χ1v) is 11.2. The van der Waals surface area contributed by atoms with Gasteiger partial charge in [0.15, 0.2) is 10.8 Å². The van der Waals surface area contributed by atoms with Gasteiger partial charge in [-0.05, 0) is 31.0 Å². The maximum Gasteiger partial charge on any atom is 0.239 e. The first-order chi connectivity index (χ1) is 14.0. The summed E-state index contributed by atoms with van der Waals surface area (Å²) in [5.74, 6) is 0.186. The number of anilines is 1. The number of hydrogen-bond donors (Lipinski definition) is 1. The Morgan fingerprint density at radius 2 is 2.00 bits per heavy atom. The van der Waals surface area contributed by atoms with E-state index >= 15 is 0 Å². The van der Waals surface area contributed by atoms with Crippen LogP contribution in [0.15, 0.2) is 35.5 Å². The van der Waals surface area contributed by atoms with E-state index in [2.05, 4.69) is 58.6 Å². The molecule has 4 rings (SSSR count). The molecule has 0 bridgehead atoms. The quantitative estimate of drug-likeness (QED) is 0.451. The number of amides is 1. The van der Waals surface area contributed by atoms with Crippen LogP contribution in [0.5, 0.6) is 0 Å². The van der Waals surface area contributed by atoms with Crippen molar-refractivity contribution in [1.29, 1.82) is 0 Å². The summed E-state index contributed by atoms with van der Waals surface area (Å²) in [4.78, 5) is 12.9. The third-order valence-electron chi connectivity index (χ3n) is 4.65. The third-order valence-corrected chi connectivity index (χ3v) is 7.10. The number of carbonyl (C=O) groups is 1. The lowest BCUT2D eigenvalue weighted by atomic mass is 10.1. The largest absolute Gasteiger partial charge is 0.300 e. The lowest BCUT2D eigenvalue weighted by Crippen LogP contribution is -2.24. The average molecular weight is 427 g/mol. The van der Waals surface area contributed by atoms with Gasteiger partial charge in [0.05, 0.1) is 10.8 Å². The Kier molecular flexibility index (Phi) is 5.51. The van der Waals surface area contributed by atoms with Crippen molar-refractivity contribution in [2.45, 2.75) is 50.4 Å². The summed E-state index contributed by atoms with van der Waals surface area (Å²) in [6.07, 6.45) is 0.658. The SMILES string of the molecule is CCC(Sc1nnc2cc(C)c3ccccc3n12)C(=O)Nc1nnc(C(C)C)s1. The number of aromatic nitrogens is 5. The van der Waals surface area contributed by atoms with Crippen LogP contribution in [0, 0.1) is 6.92 Å². The van der Waals surface area contributed by atoms with Gasteiger partial charge in [0, 0.05) is 11.3 Å². The second-order valence-electron chi connectivity index (χ2n) is 7.12. The van der Waals surface area contributed by atoms with Gasteiger partial charge in [0.2, 0.25) is 11.0 Å². The number of thioether (sulfide) groups is 1. The fourth-order valence-electron chi connectivity index (χ4n) is 3.10. The van der Waals surface area contributed by atoms with Crippen molar-refractivity contribution in [3.63, 3.8) is 0 Å². The molecule has 0 saturated carbocycles. The fourth-order valence-corrected chi connectivity index (χ4v) is 4.83. The van der Waals surface area contributed by atoms with Gasteiger partial charge in [-0.15, -0.1) is 20.4 Å². The van der Waals surface area contributed by atoms with Gasteiger partial charge < -0.3 is 0 Å². The van der Waals surface area contributed by atoms with Gasteiger partial charge >= 0.3 is 0 Å². The average Bonchev–Trinajstić information content (AvgIpc) is 3.33. The van der Waals surface area contributed by atoms with Crippen LogP contribution < -0.4 is 5.32 Å². The van der Waals surface area contributed by atoms with Gasteiger partial charge in [-0.25, -0.2) is 0 Å². The molecule has 7 nitrogen and oxygen atoms in total. The molecule has 3 aromatic heterocycles. The molecule has 1 N–H and O–H groups in total. The predicted molar refractivity (Wildman–Crippen MR) is 118 cm³/mol. The molecule has 0 radical (unpaired) electrons. The van der Waals surface area contributed by atoms with Crippen LogP contribution in [-0.2, 0) is 4.79 Å². The van der Waals surface area contributed by atoms with Gasteiger partial charge in [0.25, 0.3) is 0 Å². The van der Waals surface area contributed by atoms with Gasteiger partial charge in [-0.2, -0.15) is 0 Å². The highest BCUT2D eigenvalue weighted by Gasteiger charge is 2.23. The molecular formula is C20H22N6OS2. The van der Waals surface area contributed by atoms with E-state index in [1.165, 1.54) is 23.1 Å². The molecule has 9 heteroatoms. The molecule has 1 aromatic carbocycles. The van der Waals surface area contributed by atoms with Crippen LogP contribution in [0.25, 0.3) is 16.6 Å². The molecule has 1 atom stereocenters. The van der Waals surface area contributed by atoms with E-state index < -0.39 is 0 Å². The van der Waals surface area contributed by atoms with Crippen molar-refractivity contribution in [2.75, 3.05) is 5.32 Å². The first-order valence-electron chi connectivity index (χ1n) is 9.52. The minimum absolute atomic E-state index is 0.0999. The minimum atomic E-state index is -0.311.